The Labute approximate surface area is 133 Å². The summed E-state index contributed by atoms with van der Waals surface area (Å²) in [6, 6.07) is 4.84. The number of benzene rings is 1. The fraction of sp³-hybridized carbons (Fsp3) is 0.538. The van der Waals surface area contributed by atoms with E-state index < -0.39 is 10.0 Å². The number of nitrogen functional groups attached to an aromatic ring is 1. The molecule has 1 aromatic rings. The maximum absolute atomic E-state index is 12.5. The molecule has 2 atom stereocenters. The minimum atomic E-state index is -3.54. The molecule has 0 saturated heterocycles. The third-order valence-electron chi connectivity index (χ3n) is 3.38. The lowest BCUT2D eigenvalue weighted by Gasteiger charge is -2.20. The number of nitrogens with two attached hydrogens (primary N) is 1. The van der Waals surface area contributed by atoms with Crippen LogP contribution in [-0.2, 0) is 10.0 Å². The van der Waals surface area contributed by atoms with Gasteiger partial charge in [0.2, 0.25) is 10.0 Å². The average Bonchev–Trinajstić information content (AvgIpc) is 2.79. The first-order chi connectivity index (χ1) is 9.44. The minimum absolute atomic E-state index is 0.0123. The van der Waals surface area contributed by atoms with Crippen LogP contribution in [0.15, 0.2) is 27.6 Å². The number of halogens is 1. The van der Waals surface area contributed by atoms with Crippen molar-refractivity contribution in [3.8, 4) is 0 Å². The summed E-state index contributed by atoms with van der Waals surface area (Å²) in [4.78, 5) is 0.213. The summed E-state index contributed by atoms with van der Waals surface area (Å²) in [5, 5.41) is 0.370. The summed E-state index contributed by atoms with van der Waals surface area (Å²) in [6.07, 6.45) is 3.05. The molecular weight excluding hydrogens is 360 g/mol. The summed E-state index contributed by atoms with van der Waals surface area (Å²) in [7, 11) is -3.54. The second-order valence-corrected chi connectivity index (χ2v) is 8.90. The van der Waals surface area contributed by atoms with E-state index in [9.17, 15) is 8.42 Å². The van der Waals surface area contributed by atoms with Crippen LogP contribution in [0.3, 0.4) is 0 Å². The van der Waals surface area contributed by atoms with Gasteiger partial charge in [0.1, 0.15) is 0 Å². The molecule has 0 spiro atoms. The first-order valence-electron chi connectivity index (χ1n) is 6.63. The topological polar surface area (TPSA) is 72.2 Å². The molecule has 0 aromatic heterocycles. The quantitative estimate of drug-likeness (QED) is 0.772. The predicted molar refractivity (Wildman–Crippen MR) is 88.4 cm³/mol. The largest absolute Gasteiger partial charge is 0.399 e. The molecule has 1 fully saturated rings. The Balaban J connectivity index is 2.20. The first-order valence-corrected chi connectivity index (χ1v) is 9.95. The summed E-state index contributed by atoms with van der Waals surface area (Å²) in [6.45, 7) is 2.10. The van der Waals surface area contributed by atoms with E-state index in [1.807, 2.05) is 11.8 Å². The fourth-order valence-corrected chi connectivity index (χ4v) is 6.06. The summed E-state index contributed by atoms with van der Waals surface area (Å²) in [5.41, 5.74) is 6.13. The molecule has 20 heavy (non-hydrogen) atoms. The molecule has 0 bridgehead atoms. The number of thioether (sulfide) groups is 1. The van der Waals surface area contributed by atoms with E-state index >= 15 is 0 Å². The molecule has 4 nitrogen and oxygen atoms in total. The third-order valence-corrected chi connectivity index (χ3v) is 7.19. The zero-order valence-electron chi connectivity index (χ0n) is 11.3. The minimum Gasteiger partial charge on any atom is -0.399 e. The van der Waals surface area contributed by atoms with E-state index in [0.717, 1.165) is 25.0 Å². The van der Waals surface area contributed by atoms with Crippen molar-refractivity contribution in [2.75, 3.05) is 11.5 Å². The highest BCUT2D eigenvalue weighted by Crippen LogP contribution is 2.32. The Kier molecular flexibility index (Phi) is 5.39. The van der Waals surface area contributed by atoms with Crippen molar-refractivity contribution in [3.05, 3.63) is 22.7 Å². The molecule has 1 aromatic carbocycles. The van der Waals surface area contributed by atoms with Crippen LogP contribution in [0.2, 0.25) is 0 Å². The van der Waals surface area contributed by atoms with Crippen LogP contribution in [0.25, 0.3) is 0 Å². The molecule has 1 aliphatic rings. The van der Waals surface area contributed by atoms with Crippen molar-refractivity contribution in [2.24, 2.45) is 0 Å². The van der Waals surface area contributed by atoms with Crippen molar-refractivity contribution >= 4 is 43.4 Å². The summed E-state index contributed by atoms with van der Waals surface area (Å²) >= 11 is 5.11. The van der Waals surface area contributed by atoms with Gasteiger partial charge in [0, 0.05) is 21.5 Å². The zero-order chi connectivity index (χ0) is 14.8. The van der Waals surface area contributed by atoms with E-state index in [-0.39, 0.29) is 10.9 Å². The number of rotatable bonds is 5. The van der Waals surface area contributed by atoms with Crippen molar-refractivity contribution in [1.29, 1.82) is 0 Å². The Hall–Kier alpha value is -0.240. The van der Waals surface area contributed by atoms with Gasteiger partial charge in [-0.25, -0.2) is 13.1 Å². The van der Waals surface area contributed by atoms with E-state index in [0.29, 0.717) is 15.4 Å². The maximum atomic E-state index is 12.5. The molecule has 0 aliphatic heterocycles. The SMILES string of the molecule is CCSC1CCCC1NS(=O)(=O)c1cc(N)ccc1Br. The number of hydrogen-bond donors (Lipinski definition) is 2. The van der Waals surface area contributed by atoms with Gasteiger partial charge in [0.25, 0.3) is 0 Å². The van der Waals surface area contributed by atoms with Gasteiger partial charge in [-0.3, -0.25) is 0 Å². The second-order valence-electron chi connectivity index (χ2n) is 4.84. The van der Waals surface area contributed by atoms with Crippen LogP contribution < -0.4 is 10.5 Å². The van der Waals surface area contributed by atoms with Gasteiger partial charge in [-0.15, -0.1) is 0 Å². The molecular formula is C13H19BrN2O2S2. The molecule has 3 N–H and O–H groups in total. The summed E-state index contributed by atoms with van der Waals surface area (Å²) in [5.74, 6) is 1.00. The molecule has 1 saturated carbocycles. The smallest absolute Gasteiger partial charge is 0.242 e. The van der Waals surface area contributed by atoms with Crippen molar-refractivity contribution in [3.63, 3.8) is 0 Å². The molecule has 0 radical (unpaired) electrons. The van der Waals surface area contributed by atoms with Gasteiger partial charge >= 0.3 is 0 Å². The van der Waals surface area contributed by atoms with Gasteiger partial charge in [-0.1, -0.05) is 13.3 Å². The standard InChI is InChI=1S/C13H19BrN2O2S2/c1-2-19-12-5-3-4-11(12)16-20(17,18)13-8-9(15)6-7-10(13)14/h6-8,11-12,16H,2-5,15H2,1H3. The number of hydrogen-bond acceptors (Lipinski definition) is 4. The van der Waals surface area contributed by atoms with E-state index in [1.165, 1.54) is 6.07 Å². The molecule has 7 heteroatoms. The highest BCUT2D eigenvalue weighted by atomic mass is 79.9. The molecule has 2 unspecified atom stereocenters. The first kappa shape index (κ1) is 16.1. The normalized spacial score (nSPS) is 23.1. The van der Waals surface area contributed by atoms with Gasteiger partial charge in [-0.2, -0.15) is 11.8 Å². The van der Waals surface area contributed by atoms with Gasteiger partial charge in [-0.05, 0) is 52.7 Å². The lowest BCUT2D eigenvalue weighted by Crippen LogP contribution is -2.38. The molecule has 1 aliphatic carbocycles. The van der Waals surface area contributed by atoms with Crippen LogP contribution in [0.4, 0.5) is 5.69 Å². The second kappa shape index (κ2) is 6.68. The van der Waals surface area contributed by atoms with Crippen molar-refractivity contribution in [2.45, 2.75) is 42.4 Å². The highest BCUT2D eigenvalue weighted by Gasteiger charge is 2.31. The van der Waals surface area contributed by atoms with Crippen LogP contribution in [0, 0.1) is 0 Å². The molecule has 0 heterocycles. The maximum Gasteiger partial charge on any atom is 0.242 e. The number of anilines is 1. The van der Waals surface area contributed by atoms with E-state index in [4.69, 9.17) is 5.73 Å². The monoisotopic (exact) mass is 378 g/mol. The summed E-state index contributed by atoms with van der Waals surface area (Å²) < 4.78 is 28.4. The predicted octanol–water partition coefficient (Wildman–Crippen LogP) is 2.98. The van der Waals surface area contributed by atoms with Gasteiger partial charge in [0.05, 0.1) is 4.90 Å². The van der Waals surface area contributed by atoms with Gasteiger partial charge < -0.3 is 5.73 Å². The Morgan fingerprint density at radius 2 is 2.20 bits per heavy atom. The molecule has 112 valence electrons. The van der Waals surface area contributed by atoms with Crippen molar-refractivity contribution in [1.82, 2.24) is 4.72 Å². The van der Waals surface area contributed by atoms with Gasteiger partial charge in [0.15, 0.2) is 0 Å². The van der Waals surface area contributed by atoms with Crippen LogP contribution in [0.5, 0.6) is 0 Å². The lowest BCUT2D eigenvalue weighted by molar-refractivity contribution is 0.554. The van der Waals surface area contributed by atoms with Crippen LogP contribution in [0.1, 0.15) is 26.2 Å². The lowest BCUT2D eigenvalue weighted by atomic mass is 10.3. The third kappa shape index (κ3) is 3.69. The van der Waals surface area contributed by atoms with Crippen LogP contribution >= 0.6 is 27.7 Å². The average molecular weight is 379 g/mol. The highest BCUT2D eigenvalue weighted by molar-refractivity contribution is 9.10. The van der Waals surface area contributed by atoms with Crippen LogP contribution in [-0.4, -0.2) is 25.5 Å². The van der Waals surface area contributed by atoms with E-state index in [1.54, 1.807) is 12.1 Å². The molecule has 0 amide bonds. The molecule has 2 rings (SSSR count). The van der Waals surface area contributed by atoms with Crippen molar-refractivity contribution < 1.29 is 8.42 Å². The Morgan fingerprint density at radius 1 is 1.45 bits per heavy atom. The number of nitrogens with one attached hydrogen (secondary N) is 1. The fourth-order valence-electron chi connectivity index (χ4n) is 2.46. The van der Waals surface area contributed by atoms with E-state index in [2.05, 4.69) is 27.6 Å². The number of sulfonamides is 1. The zero-order valence-corrected chi connectivity index (χ0v) is 14.5. The Bertz CT molecular complexity index is 578. The Morgan fingerprint density at radius 3 is 2.90 bits per heavy atom.